The molecule has 3 nitrogen and oxygen atoms in total. The summed E-state index contributed by atoms with van der Waals surface area (Å²) in [5, 5.41) is 0. The van der Waals surface area contributed by atoms with Gasteiger partial charge in [-0.3, -0.25) is 0 Å². The van der Waals surface area contributed by atoms with Crippen LogP contribution in [0.25, 0.3) is 0 Å². The maximum Gasteiger partial charge on any atom is 0.218 e. The van der Waals surface area contributed by atoms with Crippen LogP contribution >= 0.6 is 11.8 Å². The molecule has 1 atom stereocenters. The van der Waals surface area contributed by atoms with Crippen LogP contribution in [-0.4, -0.2) is 35.1 Å². The fourth-order valence-electron chi connectivity index (χ4n) is 1.22. The van der Waals surface area contributed by atoms with E-state index in [2.05, 4.69) is 23.1 Å². The number of halogens is 1. The SMILES string of the molecule is CSCCC(C)N(C)c1cc(F)ncn1. The molecule has 0 aliphatic carbocycles. The molecule has 0 saturated heterocycles. The summed E-state index contributed by atoms with van der Waals surface area (Å²) in [5.74, 6) is 1.25. The molecular weight excluding hydrogens is 213 g/mol. The summed E-state index contributed by atoms with van der Waals surface area (Å²) in [6.45, 7) is 2.11. The maximum atomic E-state index is 12.9. The van der Waals surface area contributed by atoms with Crippen molar-refractivity contribution in [3.8, 4) is 0 Å². The number of hydrogen-bond acceptors (Lipinski definition) is 4. The molecule has 1 heterocycles. The van der Waals surface area contributed by atoms with Gasteiger partial charge in [-0.25, -0.2) is 9.97 Å². The number of thioether (sulfide) groups is 1. The Morgan fingerprint density at radius 3 is 2.87 bits per heavy atom. The second-order valence-corrected chi connectivity index (χ2v) is 4.43. The van der Waals surface area contributed by atoms with E-state index in [1.807, 2.05) is 23.7 Å². The molecule has 15 heavy (non-hydrogen) atoms. The monoisotopic (exact) mass is 229 g/mol. The van der Waals surface area contributed by atoms with Gasteiger partial charge in [0.15, 0.2) is 0 Å². The summed E-state index contributed by atoms with van der Waals surface area (Å²) >= 11 is 1.81. The van der Waals surface area contributed by atoms with Gasteiger partial charge in [0.25, 0.3) is 0 Å². The van der Waals surface area contributed by atoms with E-state index in [9.17, 15) is 4.39 Å². The Bertz CT molecular complexity index is 308. The zero-order chi connectivity index (χ0) is 11.3. The van der Waals surface area contributed by atoms with Crippen molar-refractivity contribution in [2.45, 2.75) is 19.4 Å². The van der Waals surface area contributed by atoms with Gasteiger partial charge in [-0.15, -0.1) is 0 Å². The van der Waals surface area contributed by atoms with Gasteiger partial charge in [-0.2, -0.15) is 16.2 Å². The fourth-order valence-corrected chi connectivity index (χ4v) is 1.80. The van der Waals surface area contributed by atoms with Gasteiger partial charge < -0.3 is 4.90 Å². The molecule has 1 rings (SSSR count). The predicted molar refractivity (Wildman–Crippen MR) is 62.9 cm³/mol. The number of aromatic nitrogens is 2. The van der Waals surface area contributed by atoms with Crippen LogP contribution in [0.4, 0.5) is 10.2 Å². The topological polar surface area (TPSA) is 29.0 Å². The molecule has 0 amide bonds. The fraction of sp³-hybridized carbons (Fsp3) is 0.600. The quantitative estimate of drug-likeness (QED) is 0.724. The normalized spacial score (nSPS) is 12.5. The third kappa shape index (κ3) is 3.66. The van der Waals surface area contributed by atoms with Crippen molar-refractivity contribution in [1.29, 1.82) is 0 Å². The van der Waals surface area contributed by atoms with Gasteiger partial charge in [-0.05, 0) is 25.4 Å². The first kappa shape index (κ1) is 12.2. The Balaban J connectivity index is 2.62. The maximum absolute atomic E-state index is 12.9. The molecule has 1 aromatic heterocycles. The number of rotatable bonds is 5. The van der Waals surface area contributed by atoms with E-state index in [1.54, 1.807) is 0 Å². The van der Waals surface area contributed by atoms with Gasteiger partial charge in [-0.1, -0.05) is 0 Å². The first-order valence-electron chi connectivity index (χ1n) is 4.84. The standard InChI is InChI=1S/C10H16FN3S/c1-8(4-5-15-3)14(2)10-6-9(11)12-7-13-10/h6-8H,4-5H2,1-3H3. The number of nitrogens with zero attached hydrogens (tertiary/aromatic N) is 3. The Morgan fingerprint density at radius 1 is 1.53 bits per heavy atom. The van der Waals surface area contributed by atoms with E-state index < -0.39 is 5.95 Å². The van der Waals surface area contributed by atoms with Crippen LogP contribution in [-0.2, 0) is 0 Å². The van der Waals surface area contributed by atoms with Crippen molar-refractivity contribution >= 4 is 17.6 Å². The molecule has 0 fully saturated rings. The van der Waals surface area contributed by atoms with Crippen LogP contribution in [0.15, 0.2) is 12.4 Å². The van der Waals surface area contributed by atoms with Crippen molar-refractivity contribution in [3.63, 3.8) is 0 Å². The highest BCUT2D eigenvalue weighted by Gasteiger charge is 2.11. The van der Waals surface area contributed by atoms with Crippen molar-refractivity contribution in [1.82, 2.24) is 9.97 Å². The number of anilines is 1. The molecule has 5 heteroatoms. The molecule has 0 aliphatic heterocycles. The second-order valence-electron chi connectivity index (χ2n) is 3.44. The highest BCUT2D eigenvalue weighted by atomic mass is 32.2. The summed E-state index contributed by atoms with van der Waals surface area (Å²) in [6.07, 6.45) is 4.39. The van der Waals surface area contributed by atoms with E-state index in [-0.39, 0.29) is 0 Å². The highest BCUT2D eigenvalue weighted by Crippen LogP contribution is 2.14. The molecule has 0 aliphatic rings. The molecule has 0 aromatic carbocycles. The molecule has 1 aromatic rings. The summed E-state index contributed by atoms with van der Waals surface area (Å²) < 4.78 is 12.9. The van der Waals surface area contributed by atoms with Gasteiger partial charge in [0, 0.05) is 19.2 Å². The Hall–Kier alpha value is -0.840. The van der Waals surface area contributed by atoms with Crippen molar-refractivity contribution in [2.24, 2.45) is 0 Å². The third-order valence-electron chi connectivity index (χ3n) is 2.38. The lowest BCUT2D eigenvalue weighted by Gasteiger charge is -2.25. The lowest BCUT2D eigenvalue weighted by molar-refractivity contribution is 0.574. The summed E-state index contributed by atoms with van der Waals surface area (Å²) in [4.78, 5) is 9.45. The van der Waals surface area contributed by atoms with E-state index in [0.29, 0.717) is 11.9 Å². The summed E-state index contributed by atoms with van der Waals surface area (Å²) in [5.41, 5.74) is 0. The minimum absolute atomic E-state index is 0.353. The van der Waals surface area contributed by atoms with Crippen LogP contribution in [0.5, 0.6) is 0 Å². The van der Waals surface area contributed by atoms with Gasteiger partial charge >= 0.3 is 0 Å². The summed E-state index contributed by atoms with van der Waals surface area (Å²) in [6, 6.07) is 1.71. The number of hydrogen-bond donors (Lipinski definition) is 0. The van der Waals surface area contributed by atoms with Crippen LogP contribution in [0.1, 0.15) is 13.3 Å². The zero-order valence-corrected chi connectivity index (χ0v) is 10.1. The minimum Gasteiger partial charge on any atom is -0.357 e. The molecule has 0 spiro atoms. The van der Waals surface area contributed by atoms with Crippen molar-refractivity contribution < 1.29 is 4.39 Å². The zero-order valence-electron chi connectivity index (χ0n) is 9.27. The smallest absolute Gasteiger partial charge is 0.218 e. The molecule has 0 saturated carbocycles. The van der Waals surface area contributed by atoms with Gasteiger partial charge in [0.1, 0.15) is 12.1 Å². The van der Waals surface area contributed by atoms with Gasteiger partial charge in [0.05, 0.1) is 0 Å². The molecule has 0 N–H and O–H groups in total. The second kappa shape index (κ2) is 5.90. The predicted octanol–water partition coefficient (Wildman–Crippen LogP) is 2.19. The average Bonchev–Trinajstić information content (AvgIpc) is 2.24. The van der Waals surface area contributed by atoms with Crippen molar-refractivity contribution in [3.05, 3.63) is 18.3 Å². The van der Waals surface area contributed by atoms with Gasteiger partial charge in [0.2, 0.25) is 5.95 Å². The molecule has 0 radical (unpaired) electrons. The largest absolute Gasteiger partial charge is 0.357 e. The van der Waals surface area contributed by atoms with Crippen LogP contribution in [0.3, 0.4) is 0 Å². The van der Waals surface area contributed by atoms with E-state index in [0.717, 1.165) is 12.2 Å². The summed E-state index contributed by atoms with van der Waals surface area (Å²) in [7, 11) is 1.92. The molecule has 1 unspecified atom stereocenters. The first-order chi connectivity index (χ1) is 7.15. The van der Waals surface area contributed by atoms with Crippen molar-refractivity contribution in [2.75, 3.05) is 24.0 Å². The van der Waals surface area contributed by atoms with Crippen LogP contribution in [0.2, 0.25) is 0 Å². The molecular formula is C10H16FN3S. The van der Waals surface area contributed by atoms with Crippen LogP contribution in [0, 0.1) is 5.95 Å². The lowest BCUT2D eigenvalue weighted by atomic mass is 10.2. The van der Waals surface area contributed by atoms with E-state index in [1.165, 1.54) is 12.4 Å². The Labute approximate surface area is 94.1 Å². The lowest BCUT2D eigenvalue weighted by Crippen LogP contribution is -2.30. The van der Waals surface area contributed by atoms with E-state index >= 15 is 0 Å². The Morgan fingerprint density at radius 2 is 2.27 bits per heavy atom. The molecule has 0 bridgehead atoms. The first-order valence-corrected chi connectivity index (χ1v) is 6.24. The average molecular weight is 229 g/mol. The third-order valence-corrected chi connectivity index (χ3v) is 3.03. The Kier molecular flexibility index (Phi) is 4.81. The van der Waals surface area contributed by atoms with Crippen LogP contribution < -0.4 is 4.90 Å². The highest BCUT2D eigenvalue weighted by molar-refractivity contribution is 7.98. The van der Waals surface area contributed by atoms with E-state index in [4.69, 9.17) is 0 Å². The molecule has 84 valence electrons. The minimum atomic E-state index is -0.482.